The van der Waals surface area contributed by atoms with Crippen molar-refractivity contribution in [3.8, 4) is 0 Å². The van der Waals surface area contributed by atoms with Gasteiger partial charge in [-0.05, 0) is 84.9 Å². The summed E-state index contributed by atoms with van der Waals surface area (Å²) >= 11 is 0. The molecule has 0 amide bonds. The van der Waals surface area contributed by atoms with Gasteiger partial charge < -0.3 is 0 Å². The Morgan fingerprint density at radius 1 is 0.667 bits per heavy atom. The van der Waals surface area contributed by atoms with Crippen molar-refractivity contribution in [3.05, 3.63) is 0 Å². The van der Waals surface area contributed by atoms with Crippen molar-refractivity contribution in [2.45, 2.75) is 66.2 Å². The van der Waals surface area contributed by atoms with Crippen LogP contribution in [0.2, 0.25) is 0 Å². The van der Waals surface area contributed by atoms with Gasteiger partial charge in [-0.1, -0.05) is 27.7 Å². The Labute approximate surface area is 165 Å². The Kier molecular flexibility index (Phi) is 4.63. The number of sulfone groups is 2. The smallest absolute Gasteiger partial charge is 0.164 e. The van der Waals surface area contributed by atoms with E-state index < -0.39 is 24.8 Å². The highest BCUT2D eigenvalue weighted by molar-refractivity contribution is 8.08. The molecule has 0 aromatic rings. The summed E-state index contributed by atoms with van der Waals surface area (Å²) in [6.07, 6.45) is 6.32. The minimum atomic E-state index is -3.57. The highest BCUT2D eigenvalue weighted by atomic mass is 32.3. The van der Waals surface area contributed by atoms with Crippen LogP contribution < -0.4 is 0 Å². The summed E-state index contributed by atoms with van der Waals surface area (Å²) in [5, 5.41) is -0.639. The lowest BCUT2D eigenvalue weighted by atomic mass is 9.46. The van der Waals surface area contributed by atoms with Crippen LogP contribution >= 0.6 is 0 Å². The fourth-order valence-electron chi connectivity index (χ4n) is 7.35. The molecule has 6 aliphatic carbocycles. The van der Waals surface area contributed by atoms with E-state index in [-0.39, 0.29) is 34.2 Å². The summed E-state index contributed by atoms with van der Waals surface area (Å²) in [7, 11) is -7.14. The van der Waals surface area contributed by atoms with Gasteiger partial charge in [0.05, 0.1) is 11.5 Å². The zero-order valence-corrected chi connectivity index (χ0v) is 18.9. The maximum atomic E-state index is 12.8. The van der Waals surface area contributed by atoms with E-state index in [1.54, 1.807) is 0 Å². The highest BCUT2D eigenvalue weighted by Gasteiger charge is 2.56. The van der Waals surface area contributed by atoms with E-state index in [0.717, 1.165) is 50.4 Å². The van der Waals surface area contributed by atoms with E-state index in [4.69, 9.17) is 0 Å². The van der Waals surface area contributed by atoms with Gasteiger partial charge in [0, 0.05) is 0 Å². The van der Waals surface area contributed by atoms with Gasteiger partial charge in [-0.15, -0.1) is 0 Å². The van der Waals surface area contributed by atoms with Crippen molar-refractivity contribution in [1.82, 2.24) is 0 Å². The molecule has 0 spiro atoms. The van der Waals surface area contributed by atoms with E-state index >= 15 is 0 Å². The van der Waals surface area contributed by atoms with Crippen molar-refractivity contribution in [2.75, 3.05) is 16.6 Å². The largest absolute Gasteiger partial charge is 0.228 e. The molecule has 0 N–H and O–H groups in total. The summed E-state index contributed by atoms with van der Waals surface area (Å²) in [4.78, 5) is 0. The van der Waals surface area contributed by atoms with Gasteiger partial charge in [-0.25, -0.2) is 16.8 Å². The summed E-state index contributed by atoms with van der Waals surface area (Å²) in [6, 6.07) is 0. The average Bonchev–Trinajstić information content (AvgIpc) is 2.52. The zero-order chi connectivity index (χ0) is 19.8. The molecule has 0 aromatic heterocycles. The molecule has 4 bridgehead atoms. The molecule has 0 aromatic carbocycles. The first-order valence-electron chi connectivity index (χ1n) is 10.7. The molecule has 6 rings (SSSR count). The SMILES string of the molecule is CC1(C)C2CCC(CS(=O)(=O)CS(=O)(=O)CC3CCC4CC3C4(C)C)C1C2. The van der Waals surface area contributed by atoms with Crippen molar-refractivity contribution in [1.29, 1.82) is 0 Å². The Morgan fingerprint density at radius 2 is 1.04 bits per heavy atom. The Morgan fingerprint density at radius 3 is 1.33 bits per heavy atom. The second-order valence-corrected chi connectivity index (χ2v) is 15.9. The Hall–Kier alpha value is -0.100. The molecule has 0 aliphatic heterocycles. The molecule has 6 aliphatic rings. The summed E-state index contributed by atoms with van der Waals surface area (Å²) in [6.45, 7) is 8.99. The fourth-order valence-corrected chi connectivity index (χ4v) is 12.4. The molecular formula is C21H36O4S2. The van der Waals surface area contributed by atoms with E-state index in [1.807, 2.05) is 0 Å². The van der Waals surface area contributed by atoms with Crippen molar-refractivity contribution < 1.29 is 16.8 Å². The quantitative estimate of drug-likeness (QED) is 0.658. The molecule has 0 heterocycles. The van der Waals surface area contributed by atoms with Gasteiger partial charge in [0.1, 0.15) is 0 Å². The van der Waals surface area contributed by atoms with E-state index in [0.29, 0.717) is 11.8 Å². The van der Waals surface area contributed by atoms with Gasteiger partial charge in [0.25, 0.3) is 0 Å². The van der Waals surface area contributed by atoms with Gasteiger partial charge >= 0.3 is 0 Å². The van der Waals surface area contributed by atoms with Gasteiger partial charge in [0.15, 0.2) is 24.8 Å². The van der Waals surface area contributed by atoms with Crippen LogP contribution in [0.5, 0.6) is 0 Å². The number of fused-ring (bicyclic) bond motifs is 4. The lowest BCUT2D eigenvalue weighted by molar-refractivity contribution is -0.0978. The Bertz CT molecular complexity index is 737. The zero-order valence-electron chi connectivity index (χ0n) is 17.3. The first-order valence-corrected chi connectivity index (χ1v) is 14.4. The third kappa shape index (κ3) is 3.41. The highest BCUT2D eigenvalue weighted by Crippen LogP contribution is 2.62. The summed E-state index contributed by atoms with van der Waals surface area (Å²) < 4.78 is 51.1. The van der Waals surface area contributed by atoms with Crippen molar-refractivity contribution >= 4 is 19.7 Å². The van der Waals surface area contributed by atoms with Crippen LogP contribution in [-0.4, -0.2) is 33.4 Å². The molecule has 6 heteroatoms. The van der Waals surface area contributed by atoms with Gasteiger partial charge in [0.2, 0.25) is 0 Å². The fraction of sp³-hybridized carbons (Fsp3) is 1.00. The minimum Gasteiger partial charge on any atom is -0.228 e. The second kappa shape index (κ2) is 6.20. The van der Waals surface area contributed by atoms with Crippen molar-refractivity contribution in [3.63, 3.8) is 0 Å². The molecule has 27 heavy (non-hydrogen) atoms. The lowest BCUT2D eigenvalue weighted by Gasteiger charge is -2.60. The van der Waals surface area contributed by atoms with E-state index in [9.17, 15) is 16.8 Å². The van der Waals surface area contributed by atoms with Crippen LogP contribution in [-0.2, 0) is 19.7 Å². The minimum absolute atomic E-state index is 0.0642. The van der Waals surface area contributed by atoms with Crippen molar-refractivity contribution in [2.24, 2.45) is 46.3 Å². The number of hydrogen-bond acceptors (Lipinski definition) is 4. The molecule has 6 unspecified atom stereocenters. The summed E-state index contributed by atoms with van der Waals surface area (Å²) in [5.41, 5.74) is 0.456. The molecular weight excluding hydrogens is 380 g/mol. The standard InChI is InChI=1S/C21H36O4S2/c1-20(2)16-7-5-14(18(20)9-16)11-26(22,23)13-27(24,25)12-15-6-8-17-10-19(15)21(17,3)4/h14-19H,5-13H2,1-4H3. The number of hydrogen-bond donors (Lipinski definition) is 0. The summed E-state index contributed by atoms with van der Waals surface area (Å²) in [5.74, 6) is 2.76. The topological polar surface area (TPSA) is 68.3 Å². The first kappa shape index (κ1) is 20.2. The van der Waals surface area contributed by atoms with Crippen LogP contribution in [0.15, 0.2) is 0 Å². The molecule has 4 nitrogen and oxygen atoms in total. The predicted octanol–water partition coefficient (Wildman–Crippen LogP) is 3.92. The van der Waals surface area contributed by atoms with Gasteiger partial charge in [-0.2, -0.15) is 0 Å². The third-order valence-corrected chi connectivity index (χ3v) is 14.0. The van der Waals surface area contributed by atoms with Crippen LogP contribution in [0.4, 0.5) is 0 Å². The maximum Gasteiger partial charge on any atom is 0.164 e. The molecule has 6 atom stereocenters. The van der Waals surface area contributed by atoms with Crippen LogP contribution in [0.1, 0.15) is 66.2 Å². The lowest BCUT2D eigenvalue weighted by Crippen LogP contribution is -2.54. The molecule has 6 saturated carbocycles. The normalized spacial score (nSPS) is 42.1. The van der Waals surface area contributed by atoms with Gasteiger partial charge in [-0.3, -0.25) is 0 Å². The third-order valence-electron chi connectivity index (χ3n) is 9.30. The van der Waals surface area contributed by atoms with Crippen LogP contribution in [0, 0.1) is 46.3 Å². The average molecular weight is 417 g/mol. The molecule has 6 fully saturated rings. The number of rotatable bonds is 6. The first-order chi connectivity index (χ1) is 12.3. The van der Waals surface area contributed by atoms with Crippen LogP contribution in [0.25, 0.3) is 0 Å². The maximum absolute atomic E-state index is 12.8. The monoisotopic (exact) mass is 416 g/mol. The van der Waals surface area contributed by atoms with E-state index in [1.165, 1.54) is 0 Å². The van der Waals surface area contributed by atoms with E-state index in [2.05, 4.69) is 27.7 Å². The Balaban J connectivity index is 1.38. The van der Waals surface area contributed by atoms with Crippen LogP contribution in [0.3, 0.4) is 0 Å². The second-order valence-electron chi connectivity index (χ2n) is 11.3. The molecule has 0 radical (unpaired) electrons. The predicted molar refractivity (Wildman–Crippen MR) is 109 cm³/mol. The molecule has 0 saturated heterocycles. The molecule has 156 valence electrons.